The lowest BCUT2D eigenvalue weighted by molar-refractivity contribution is -0.387. The first-order valence-corrected chi connectivity index (χ1v) is 10.8. The molecule has 2 fully saturated rings. The Morgan fingerprint density at radius 2 is 1.54 bits per heavy atom. The van der Waals surface area contributed by atoms with Crippen molar-refractivity contribution in [2.75, 3.05) is 26.1 Å². The fourth-order valence-electron chi connectivity index (χ4n) is 2.67. The smallest absolute Gasteiger partial charge is 0.341 e. The number of anilines is 1. The molecule has 2 aromatic carbocycles. The van der Waals surface area contributed by atoms with Gasteiger partial charge in [0.15, 0.2) is 5.82 Å². The second-order valence-corrected chi connectivity index (χ2v) is 7.84. The van der Waals surface area contributed by atoms with E-state index in [4.69, 9.17) is 0 Å². The molecule has 0 atom stereocenters. The van der Waals surface area contributed by atoms with Crippen molar-refractivity contribution in [3.05, 3.63) is 69.3 Å². The van der Waals surface area contributed by atoms with Gasteiger partial charge in [-0.1, -0.05) is 12.1 Å². The van der Waals surface area contributed by atoms with E-state index in [-0.39, 0.29) is 5.56 Å². The molecule has 4 rings (SSSR count). The van der Waals surface area contributed by atoms with Gasteiger partial charge < -0.3 is 19.6 Å². The number of nitrogens with one attached hydrogen (secondary N) is 1. The van der Waals surface area contributed by atoms with Crippen molar-refractivity contribution in [3.63, 3.8) is 0 Å². The van der Waals surface area contributed by atoms with E-state index in [9.17, 15) is 33.3 Å². The summed E-state index contributed by atoms with van der Waals surface area (Å²) in [6.45, 7) is 0.765. The number of esters is 2. The molecule has 0 aromatic heterocycles. The van der Waals surface area contributed by atoms with Crippen LogP contribution in [0, 0.1) is 33.6 Å². The number of rotatable bonds is 7. The zero-order valence-corrected chi connectivity index (χ0v) is 19.3. The summed E-state index contributed by atoms with van der Waals surface area (Å²) < 4.78 is 35.8. The average molecular weight is 492 g/mol. The van der Waals surface area contributed by atoms with Crippen molar-refractivity contribution < 1.29 is 37.6 Å². The third-order valence-corrected chi connectivity index (χ3v) is 5.08. The van der Waals surface area contributed by atoms with Gasteiger partial charge in [0.25, 0.3) is 0 Å². The molecule has 35 heavy (non-hydrogen) atoms. The van der Waals surface area contributed by atoms with Crippen molar-refractivity contribution in [1.82, 2.24) is 0 Å². The Hall–Kier alpha value is -3.89. The van der Waals surface area contributed by atoms with Gasteiger partial charge in [-0.25, -0.2) is 14.0 Å². The Kier molecular flexibility index (Phi) is 10.2. The van der Waals surface area contributed by atoms with E-state index in [1.54, 1.807) is 12.1 Å². The molecule has 188 valence electrons. The van der Waals surface area contributed by atoms with E-state index in [2.05, 4.69) is 14.8 Å². The lowest BCUT2D eigenvalue weighted by Crippen LogP contribution is -2.09. The molecule has 2 aliphatic carbocycles. The maximum atomic E-state index is 13.8. The van der Waals surface area contributed by atoms with Crippen LogP contribution in [0.15, 0.2) is 36.4 Å². The Morgan fingerprint density at radius 1 is 1.00 bits per heavy atom. The molecule has 0 heterocycles. The number of methoxy groups -OCH3 is 2. The van der Waals surface area contributed by atoms with Crippen LogP contribution in [0.3, 0.4) is 0 Å². The number of benzene rings is 2. The molecule has 1 N–H and O–H groups in total. The maximum Gasteiger partial charge on any atom is 0.341 e. The summed E-state index contributed by atoms with van der Waals surface area (Å²) in [5, 5.41) is 13.3. The van der Waals surface area contributed by atoms with E-state index in [0.717, 1.165) is 44.9 Å². The molecule has 0 spiro atoms. The molecular formula is C24H26F2N2O7. The van der Waals surface area contributed by atoms with Crippen LogP contribution in [0.5, 0.6) is 0 Å². The highest BCUT2D eigenvalue weighted by Gasteiger charge is 2.23. The standard InChI is InChI=1S/C12H14FNO2.C8H6FNO4.C4H6O/c1-16-12(15)9-3-2-4-10(11(9)13)14-7-8-5-6-8;1-14-8(11)5-3-2-4-6(7(5)9)10(12)13;5-3-4-1-2-4/h2-4,8,14H,5-7H2,1H3;2-4H,1H3;3-4H,1-2H2. The fourth-order valence-corrected chi connectivity index (χ4v) is 2.67. The molecule has 0 saturated heterocycles. The molecule has 0 amide bonds. The molecule has 2 saturated carbocycles. The fraction of sp³-hybridized carbons (Fsp3) is 0.375. The quantitative estimate of drug-likeness (QED) is 0.258. The van der Waals surface area contributed by atoms with Crippen molar-refractivity contribution in [1.29, 1.82) is 0 Å². The lowest BCUT2D eigenvalue weighted by Gasteiger charge is -2.08. The van der Waals surface area contributed by atoms with Gasteiger partial charge in [0.2, 0.25) is 5.82 Å². The van der Waals surface area contributed by atoms with E-state index in [1.165, 1.54) is 32.1 Å². The summed E-state index contributed by atoms with van der Waals surface area (Å²) in [7, 11) is 2.31. The number of nitrogens with zero attached hydrogens (tertiary/aromatic N) is 1. The lowest BCUT2D eigenvalue weighted by atomic mass is 10.2. The topological polar surface area (TPSA) is 125 Å². The van der Waals surface area contributed by atoms with Crippen LogP contribution in [-0.2, 0) is 14.3 Å². The van der Waals surface area contributed by atoms with Crippen LogP contribution in [-0.4, -0.2) is 43.9 Å². The molecule has 0 unspecified atom stereocenters. The normalized spacial score (nSPS) is 13.7. The number of halogens is 2. The van der Waals surface area contributed by atoms with Crippen LogP contribution in [0.4, 0.5) is 20.2 Å². The first-order chi connectivity index (χ1) is 16.7. The van der Waals surface area contributed by atoms with Gasteiger partial charge in [0, 0.05) is 18.5 Å². The number of nitro benzene ring substituents is 1. The summed E-state index contributed by atoms with van der Waals surface area (Å²) in [5.74, 6) is -2.19. The van der Waals surface area contributed by atoms with Crippen molar-refractivity contribution in [2.24, 2.45) is 11.8 Å². The van der Waals surface area contributed by atoms with Crippen LogP contribution in [0.1, 0.15) is 46.4 Å². The third-order valence-electron chi connectivity index (χ3n) is 5.08. The number of carbonyl (C=O) groups excluding carboxylic acids is 3. The zero-order valence-electron chi connectivity index (χ0n) is 19.3. The maximum absolute atomic E-state index is 13.8. The molecule has 0 aliphatic heterocycles. The Morgan fingerprint density at radius 3 is 1.97 bits per heavy atom. The largest absolute Gasteiger partial charge is 0.465 e. The molecule has 2 aliphatic rings. The van der Waals surface area contributed by atoms with Crippen molar-refractivity contribution >= 4 is 29.6 Å². The second kappa shape index (κ2) is 13.1. The second-order valence-electron chi connectivity index (χ2n) is 7.84. The van der Waals surface area contributed by atoms with Crippen molar-refractivity contribution in [2.45, 2.75) is 25.7 Å². The van der Waals surface area contributed by atoms with E-state index >= 15 is 0 Å². The molecule has 0 radical (unpaired) electrons. The monoisotopic (exact) mass is 492 g/mol. The molecule has 0 bridgehead atoms. The third kappa shape index (κ3) is 8.43. The SMILES string of the molecule is COC(=O)c1cccc(NCC2CC2)c1F.COC(=O)c1cccc([N+](=O)[O-])c1F.O=CC1CC1. The minimum atomic E-state index is -1.18. The molecule has 2 aromatic rings. The van der Waals surface area contributed by atoms with E-state index in [0.29, 0.717) is 17.5 Å². The zero-order chi connectivity index (χ0) is 26.0. The number of hydrogen-bond acceptors (Lipinski definition) is 8. The highest BCUT2D eigenvalue weighted by Crippen LogP contribution is 2.29. The summed E-state index contributed by atoms with van der Waals surface area (Å²) in [6, 6.07) is 8.00. The van der Waals surface area contributed by atoms with Gasteiger partial charge in [-0.15, -0.1) is 0 Å². The molecule has 11 heteroatoms. The van der Waals surface area contributed by atoms with Gasteiger partial charge in [-0.05, 0) is 49.8 Å². The first-order valence-electron chi connectivity index (χ1n) is 10.8. The highest BCUT2D eigenvalue weighted by molar-refractivity contribution is 5.91. The number of nitro groups is 1. The molecular weight excluding hydrogens is 466 g/mol. The van der Waals surface area contributed by atoms with Gasteiger partial charge in [0.1, 0.15) is 11.8 Å². The Bertz CT molecular complexity index is 1070. The van der Waals surface area contributed by atoms with E-state index < -0.39 is 39.7 Å². The van der Waals surface area contributed by atoms with Crippen LogP contribution < -0.4 is 5.32 Å². The van der Waals surface area contributed by atoms with Gasteiger partial charge >= 0.3 is 17.6 Å². The Labute approximate surface area is 200 Å². The Balaban J connectivity index is 0.000000207. The predicted octanol–water partition coefficient (Wildman–Crippen LogP) is 4.55. The number of carbonyl (C=O) groups is 3. The minimum absolute atomic E-state index is 0.0247. The van der Waals surface area contributed by atoms with Crippen molar-refractivity contribution in [3.8, 4) is 0 Å². The average Bonchev–Trinajstić information content (AvgIpc) is 3.78. The summed E-state index contributed by atoms with van der Waals surface area (Å²) in [5.41, 5.74) is -0.840. The first kappa shape index (κ1) is 27.4. The summed E-state index contributed by atoms with van der Waals surface area (Å²) >= 11 is 0. The van der Waals surface area contributed by atoms with Crippen LogP contribution in [0.25, 0.3) is 0 Å². The predicted molar refractivity (Wildman–Crippen MR) is 122 cm³/mol. The number of aldehydes is 1. The van der Waals surface area contributed by atoms with Crippen LogP contribution >= 0.6 is 0 Å². The highest BCUT2D eigenvalue weighted by atomic mass is 19.1. The van der Waals surface area contributed by atoms with E-state index in [1.807, 2.05) is 0 Å². The van der Waals surface area contributed by atoms with Gasteiger partial charge in [-0.3, -0.25) is 10.1 Å². The van der Waals surface area contributed by atoms with Gasteiger partial charge in [0.05, 0.1) is 30.4 Å². The summed E-state index contributed by atoms with van der Waals surface area (Å²) in [4.78, 5) is 41.1. The number of ether oxygens (including phenoxy) is 2. The molecule has 9 nitrogen and oxygen atoms in total. The summed E-state index contributed by atoms with van der Waals surface area (Å²) in [6.07, 6.45) is 5.71. The van der Waals surface area contributed by atoms with Gasteiger partial charge in [-0.2, -0.15) is 4.39 Å². The number of hydrogen-bond donors (Lipinski definition) is 1. The minimum Gasteiger partial charge on any atom is -0.465 e. The van der Waals surface area contributed by atoms with Crippen LogP contribution in [0.2, 0.25) is 0 Å².